The zero-order valence-electron chi connectivity index (χ0n) is 29.2. The molecule has 5 atom stereocenters. The van der Waals surface area contributed by atoms with Crippen LogP contribution in [0.4, 0.5) is 0 Å². The average Bonchev–Trinajstić information content (AvgIpc) is 2.58. The Kier molecular flexibility index (Phi) is 15.6. The maximum Gasteiger partial charge on any atom is 0.248 e. The van der Waals surface area contributed by atoms with Gasteiger partial charge in [-0.25, -0.2) is 0 Å². The van der Waals surface area contributed by atoms with Gasteiger partial charge in [-0.15, -0.1) is 0 Å². The molecule has 1 aliphatic rings. The molecule has 0 aliphatic carbocycles. The summed E-state index contributed by atoms with van der Waals surface area (Å²) < 4.78 is 53.6. The molecule has 248 valence electrons. The summed E-state index contributed by atoms with van der Waals surface area (Å²) >= 11 is 0. The minimum Gasteiger partial charge on any atom is -0.757 e. The first-order valence-corrected chi connectivity index (χ1v) is 36.3. The summed E-state index contributed by atoms with van der Waals surface area (Å²) in [5.74, 6) is 0. The standard InChI is InChI=1S/C18H44O6Si4.C6H19O4PSi2/c1-25(2,3)21-15-14(13-19)20-18(24-28(10,11)12)17(23-27(7,8)9)16(15)22-26(4,5)6;1-12(2,3)9-11(7,8)10-13(4,5)6/h14-19H,13H2,1-12H3;1-6H3,(H,7,8)/p-1/t14-,15-,16+,17-,18?;/m1./s1. The van der Waals surface area contributed by atoms with Crippen LogP contribution in [0.3, 0.4) is 0 Å². The Labute approximate surface area is 257 Å². The quantitative estimate of drug-likeness (QED) is 0.170. The summed E-state index contributed by atoms with van der Waals surface area (Å²) in [4.78, 5) is 11.3. The molecule has 1 heterocycles. The van der Waals surface area contributed by atoms with E-state index in [1.165, 1.54) is 0 Å². The molecule has 0 spiro atoms. The third kappa shape index (κ3) is 20.8. The van der Waals surface area contributed by atoms with Crippen molar-refractivity contribution in [1.82, 2.24) is 0 Å². The Bertz CT molecular complexity index is 821. The van der Waals surface area contributed by atoms with Crippen molar-refractivity contribution < 1.29 is 45.4 Å². The monoisotopic (exact) mass is 709 g/mol. The number of aliphatic hydroxyl groups is 1. The summed E-state index contributed by atoms with van der Waals surface area (Å²) in [6.07, 6.45) is -2.10. The molecule has 1 aliphatic heterocycles. The number of hydrogen-bond donors (Lipinski definition) is 1. The van der Waals surface area contributed by atoms with E-state index in [4.69, 9.17) is 30.9 Å². The highest BCUT2D eigenvalue weighted by Gasteiger charge is 2.52. The van der Waals surface area contributed by atoms with E-state index >= 15 is 0 Å². The van der Waals surface area contributed by atoms with E-state index in [9.17, 15) is 14.6 Å². The van der Waals surface area contributed by atoms with Crippen LogP contribution in [0.2, 0.25) is 118 Å². The van der Waals surface area contributed by atoms with Crippen LogP contribution in [0, 0.1) is 0 Å². The van der Waals surface area contributed by atoms with Gasteiger partial charge in [-0.2, -0.15) is 0 Å². The largest absolute Gasteiger partial charge is 0.757 e. The molecule has 1 unspecified atom stereocenters. The van der Waals surface area contributed by atoms with Crippen LogP contribution in [0.1, 0.15) is 0 Å². The smallest absolute Gasteiger partial charge is 0.248 e. The van der Waals surface area contributed by atoms with Crippen LogP contribution in [0.15, 0.2) is 0 Å². The Hall–Kier alpha value is 1.17. The van der Waals surface area contributed by atoms with Gasteiger partial charge in [0.15, 0.2) is 56.2 Å². The highest BCUT2D eigenvalue weighted by molar-refractivity contribution is 7.49. The van der Waals surface area contributed by atoms with Crippen molar-refractivity contribution in [3.8, 4) is 0 Å². The van der Waals surface area contributed by atoms with Crippen molar-refractivity contribution >= 4 is 57.7 Å². The SMILES string of the molecule is C[Si](C)(C)OC1O[C@H](CO)[C@@H](O[Si](C)(C)C)[C@H](O[Si](C)(C)C)[C@H]1O[Si](C)(C)C.C[Si](C)(C)OP(=O)([O-])O[Si](C)(C)C. The molecule has 0 bridgehead atoms. The molecule has 10 nitrogen and oxygen atoms in total. The van der Waals surface area contributed by atoms with Gasteiger partial charge >= 0.3 is 0 Å². The zero-order valence-corrected chi connectivity index (χ0v) is 36.1. The number of ether oxygens (including phenoxy) is 1. The summed E-state index contributed by atoms with van der Waals surface area (Å²) in [6.45, 7) is 36.6. The molecular weight excluding hydrogens is 648 g/mol. The molecule has 1 saturated heterocycles. The zero-order chi connectivity index (χ0) is 33.0. The van der Waals surface area contributed by atoms with Crippen LogP contribution < -0.4 is 4.89 Å². The van der Waals surface area contributed by atoms with Crippen LogP contribution in [0.25, 0.3) is 0 Å². The van der Waals surface area contributed by atoms with Crippen molar-refractivity contribution in [3.05, 3.63) is 0 Å². The van der Waals surface area contributed by atoms with Gasteiger partial charge < -0.3 is 40.9 Å². The lowest BCUT2D eigenvalue weighted by atomic mass is 9.99. The maximum atomic E-state index is 11.3. The van der Waals surface area contributed by atoms with Crippen LogP contribution in [0.5, 0.6) is 0 Å². The second kappa shape index (κ2) is 15.2. The van der Waals surface area contributed by atoms with Crippen molar-refractivity contribution in [2.24, 2.45) is 0 Å². The summed E-state index contributed by atoms with van der Waals surface area (Å²) in [5, 5.41) is 10.1. The number of phosphoric acid groups is 1. The van der Waals surface area contributed by atoms with E-state index in [1.807, 2.05) is 39.3 Å². The van der Waals surface area contributed by atoms with Gasteiger partial charge in [0.1, 0.15) is 24.4 Å². The minimum atomic E-state index is -4.06. The van der Waals surface area contributed by atoms with Gasteiger partial charge in [-0.1, -0.05) is 0 Å². The van der Waals surface area contributed by atoms with E-state index in [1.54, 1.807) is 0 Å². The van der Waals surface area contributed by atoms with Gasteiger partial charge in [0.25, 0.3) is 0 Å². The Balaban J connectivity index is 0.00000103. The van der Waals surface area contributed by atoms with Gasteiger partial charge in [-0.3, -0.25) is 4.57 Å². The molecule has 0 amide bonds. The van der Waals surface area contributed by atoms with Crippen molar-refractivity contribution in [1.29, 1.82) is 0 Å². The van der Waals surface area contributed by atoms with E-state index in [2.05, 4.69) is 78.6 Å². The van der Waals surface area contributed by atoms with Gasteiger partial charge in [0.2, 0.25) is 7.82 Å². The van der Waals surface area contributed by atoms with E-state index in [0.29, 0.717) is 0 Å². The molecule has 17 heteroatoms. The molecule has 0 saturated carbocycles. The summed E-state index contributed by atoms with van der Waals surface area (Å²) in [7, 11) is -15.9. The second-order valence-corrected chi connectivity index (χ2v) is 45.0. The summed E-state index contributed by atoms with van der Waals surface area (Å²) in [5.41, 5.74) is 0. The predicted molar refractivity (Wildman–Crippen MR) is 181 cm³/mol. The molecule has 1 rings (SSSR count). The molecule has 0 radical (unpaired) electrons. The van der Waals surface area contributed by atoms with Gasteiger partial charge in [-0.05, 0) is 118 Å². The number of rotatable bonds is 13. The fourth-order valence-electron chi connectivity index (χ4n) is 3.78. The topological polar surface area (TPSA) is 125 Å². The molecule has 1 N–H and O–H groups in total. The van der Waals surface area contributed by atoms with E-state index < -0.39 is 70.1 Å². The van der Waals surface area contributed by atoms with Gasteiger partial charge in [0.05, 0.1) is 6.61 Å². The molecule has 1 fully saturated rings. The highest BCUT2D eigenvalue weighted by Crippen LogP contribution is 2.44. The minimum absolute atomic E-state index is 0.133. The molecule has 0 aromatic carbocycles. The number of aliphatic hydroxyl groups excluding tert-OH is 1. The van der Waals surface area contributed by atoms with Crippen molar-refractivity contribution in [2.75, 3.05) is 6.61 Å². The first-order valence-electron chi connectivity index (χ1n) is 14.4. The number of hydrogen-bond acceptors (Lipinski definition) is 10. The first-order chi connectivity index (χ1) is 17.7. The Morgan fingerprint density at radius 1 is 0.561 bits per heavy atom. The second-order valence-electron chi connectivity index (χ2n) is 16.4. The Morgan fingerprint density at radius 2 is 0.878 bits per heavy atom. The lowest BCUT2D eigenvalue weighted by Crippen LogP contribution is -2.67. The highest BCUT2D eigenvalue weighted by atomic mass is 31.2. The first kappa shape index (κ1) is 42.2. The molecule has 0 aromatic rings. The van der Waals surface area contributed by atoms with Gasteiger partial charge in [0, 0.05) is 0 Å². The van der Waals surface area contributed by atoms with Crippen LogP contribution in [-0.4, -0.2) is 92.3 Å². The molecule has 41 heavy (non-hydrogen) atoms. The summed E-state index contributed by atoms with van der Waals surface area (Å²) in [6, 6.07) is 0. The predicted octanol–water partition coefficient (Wildman–Crippen LogP) is 6.37. The van der Waals surface area contributed by atoms with Crippen LogP contribution in [-0.2, 0) is 35.4 Å². The maximum absolute atomic E-state index is 11.3. The third-order valence-electron chi connectivity index (χ3n) is 4.48. The molecular formula is C24H62O10PSi6-. The average molecular weight is 710 g/mol. The lowest BCUT2D eigenvalue weighted by molar-refractivity contribution is -0.269. The molecule has 0 aromatic heterocycles. The lowest BCUT2D eigenvalue weighted by Gasteiger charge is -2.51. The van der Waals surface area contributed by atoms with Crippen molar-refractivity contribution in [3.63, 3.8) is 0 Å². The van der Waals surface area contributed by atoms with E-state index in [-0.39, 0.29) is 24.9 Å². The fourth-order valence-corrected chi connectivity index (χ4v) is 13.8. The normalized spacial score (nSPS) is 25.5. The fraction of sp³-hybridized carbons (Fsp3) is 1.00. The Morgan fingerprint density at radius 3 is 1.17 bits per heavy atom. The van der Waals surface area contributed by atoms with E-state index in [0.717, 1.165) is 0 Å². The van der Waals surface area contributed by atoms with Crippen molar-refractivity contribution in [2.45, 2.75) is 149 Å². The van der Waals surface area contributed by atoms with Crippen LogP contribution >= 0.6 is 7.82 Å². The third-order valence-corrected chi connectivity index (χ3v) is 14.5.